The summed E-state index contributed by atoms with van der Waals surface area (Å²) in [5.41, 5.74) is 6.10. The lowest BCUT2D eigenvalue weighted by Gasteiger charge is -2.36. The molecule has 1 saturated carbocycles. The number of nitrogens with two attached hydrogens (primary N) is 1. The van der Waals surface area contributed by atoms with Crippen molar-refractivity contribution in [2.75, 3.05) is 19.6 Å². The molecule has 1 atom stereocenters. The van der Waals surface area contributed by atoms with Gasteiger partial charge in [0.25, 0.3) is 0 Å². The van der Waals surface area contributed by atoms with Crippen molar-refractivity contribution in [3.05, 3.63) is 22.4 Å². The number of hydrogen-bond donors (Lipinski definition) is 1. The molecule has 2 rings (SSSR count). The first-order chi connectivity index (χ1) is 8.57. The van der Waals surface area contributed by atoms with Gasteiger partial charge in [0.1, 0.15) is 0 Å². The molecule has 1 aromatic rings. The van der Waals surface area contributed by atoms with E-state index in [0.29, 0.717) is 6.04 Å². The molecule has 1 aromatic heterocycles. The first kappa shape index (κ1) is 14.0. The van der Waals surface area contributed by atoms with Crippen LogP contribution in [0.2, 0.25) is 0 Å². The van der Waals surface area contributed by atoms with Crippen molar-refractivity contribution in [3.8, 4) is 0 Å². The Kier molecular flexibility index (Phi) is 4.46. The van der Waals surface area contributed by atoms with Crippen LogP contribution in [0.15, 0.2) is 17.5 Å². The summed E-state index contributed by atoms with van der Waals surface area (Å²) in [5.74, 6) is 0.872. The minimum atomic E-state index is 0.209. The molecule has 0 amide bonds. The minimum absolute atomic E-state index is 0.209. The molecule has 18 heavy (non-hydrogen) atoms. The van der Waals surface area contributed by atoms with Gasteiger partial charge in [0.2, 0.25) is 0 Å². The summed E-state index contributed by atoms with van der Waals surface area (Å²) in [4.78, 5) is 4.17. The fraction of sp³-hybridized carbons (Fsp3) is 0.733. The van der Waals surface area contributed by atoms with E-state index in [2.05, 4.69) is 43.2 Å². The average Bonchev–Trinajstić information content (AvgIpc) is 3.03. The van der Waals surface area contributed by atoms with Crippen molar-refractivity contribution in [3.63, 3.8) is 0 Å². The smallest absolute Gasteiger partial charge is 0.0469 e. The lowest BCUT2D eigenvalue weighted by Crippen LogP contribution is -2.41. The standard InChI is InChI=1S/C15H26N2S/c1-4-17(11-15(2,3)10-16)14(12-7-8-12)13-6-5-9-18-13/h5-6,9,12,14H,4,7-8,10-11,16H2,1-3H3. The van der Waals surface area contributed by atoms with E-state index < -0.39 is 0 Å². The van der Waals surface area contributed by atoms with Crippen LogP contribution in [0.5, 0.6) is 0 Å². The average molecular weight is 266 g/mol. The van der Waals surface area contributed by atoms with E-state index in [1.54, 1.807) is 0 Å². The predicted molar refractivity (Wildman–Crippen MR) is 79.9 cm³/mol. The van der Waals surface area contributed by atoms with Crippen LogP contribution in [0.4, 0.5) is 0 Å². The molecule has 0 radical (unpaired) electrons. The second-order valence-corrected chi connectivity index (χ2v) is 7.21. The van der Waals surface area contributed by atoms with Gasteiger partial charge in [-0.1, -0.05) is 26.8 Å². The van der Waals surface area contributed by atoms with E-state index >= 15 is 0 Å². The maximum atomic E-state index is 5.90. The van der Waals surface area contributed by atoms with Gasteiger partial charge >= 0.3 is 0 Å². The lowest BCUT2D eigenvalue weighted by molar-refractivity contribution is 0.127. The van der Waals surface area contributed by atoms with Gasteiger partial charge in [0.05, 0.1) is 0 Å². The summed E-state index contributed by atoms with van der Waals surface area (Å²) in [6.45, 7) is 9.78. The Balaban J connectivity index is 2.13. The van der Waals surface area contributed by atoms with Crippen LogP contribution >= 0.6 is 11.3 Å². The molecule has 0 spiro atoms. The van der Waals surface area contributed by atoms with Crippen molar-refractivity contribution in [2.45, 2.75) is 39.7 Å². The second kappa shape index (κ2) is 5.72. The number of thiophene rings is 1. The van der Waals surface area contributed by atoms with Gasteiger partial charge in [-0.3, -0.25) is 4.90 Å². The van der Waals surface area contributed by atoms with E-state index in [9.17, 15) is 0 Å². The number of hydrogen-bond acceptors (Lipinski definition) is 3. The largest absolute Gasteiger partial charge is 0.330 e. The molecule has 1 heterocycles. The lowest BCUT2D eigenvalue weighted by atomic mass is 9.91. The minimum Gasteiger partial charge on any atom is -0.330 e. The Morgan fingerprint density at radius 1 is 1.50 bits per heavy atom. The highest BCUT2D eigenvalue weighted by atomic mass is 32.1. The van der Waals surface area contributed by atoms with Crippen molar-refractivity contribution < 1.29 is 0 Å². The molecule has 1 aliphatic rings. The van der Waals surface area contributed by atoms with Crippen LogP contribution in [0.1, 0.15) is 44.5 Å². The van der Waals surface area contributed by atoms with E-state index in [-0.39, 0.29) is 5.41 Å². The molecular formula is C15H26N2S. The molecular weight excluding hydrogens is 240 g/mol. The van der Waals surface area contributed by atoms with Crippen LogP contribution in [-0.4, -0.2) is 24.5 Å². The normalized spacial score (nSPS) is 18.3. The highest BCUT2D eigenvalue weighted by Gasteiger charge is 2.37. The maximum Gasteiger partial charge on any atom is 0.0469 e. The SMILES string of the molecule is CCN(CC(C)(C)CN)C(c1cccs1)C1CC1. The highest BCUT2D eigenvalue weighted by Crippen LogP contribution is 2.46. The Morgan fingerprint density at radius 3 is 2.67 bits per heavy atom. The van der Waals surface area contributed by atoms with Crippen molar-refractivity contribution in [2.24, 2.45) is 17.1 Å². The quantitative estimate of drug-likeness (QED) is 0.818. The zero-order valence-electron chi connectivity index (χ0n) is 11.9. The molecule has 3 heteroatoms. The maximum absolute atomic E-state index is 5.90. The molecule has 1 unspecified atom stereocenters. The summed E-state index contributed by atoms with van der Waals surface area (Å²) in [7, 11) is 0. The molecule has 2 nitrogen and oxygen atoms in total. The summed E-state index contributed by atoms with van der Waals surface area (Å²) in [6, 6.07) is 5.10. The van der Waals surface area contributed by atoms with Crippen LogP contribution in [-0.2, 0) is 0 Å². The monoisotopic (exact) mass is 266 g/mol. The Hall–Kier alpha value is -0.380. The summed E-state index contributed by atoms with van der Waals surface area (Å²) in [6.07, 6.45) is 2.78. The summed E-state index contributed by atoms with van der Waals surface area (Å²) >= 11 is 1.90. The molecule has 0 aliphatic heterocycles. The zero-order valence-corrected chi connectivity index (χ0v) is 12.7. The molecule has 0 aromatic carbocycles. The number of rotatable bonds is 7. The molecule has 0 saturated heterocycles. The second-order valence-electron chi connectivity index (χ2n) is 6.23. The predicted octanol–water partition coefficient (Wildman–Crippen LogP) is 3.51. The van der Waals surface area contributed by atoms with Gasteiger partial charge in [-0.15, -0.1) is 11.3 Å². The third kappa shape index (κ3) is 3.34. The fourth-order valence-electron chi connectivity index (χ4n) is 2.60. The van der Waals surface area contributed by atoms with E-state index in [1.807, 2.05) is 11.3 Å². The molecule has 0 bridgehead atoms. The molecule has 1 fully saturated rings. The highest BCUT2D eigenvalue weighted by molar-refractivity contribution is 7.10. The van der Waals surface area contributed by atoms with Crippen LogP contribution in [0.25, 0.3) is 0 Å². The van der Waals surface area contributed by atoms with Crippen molar-refractivity contribution >= 4 is 11.3 Å². The summed E-state index contributed by atoms with van der Waals surface area (Å²) in [5, 5.41) is 2.20. The van der Waals surface area contributed by atoms with Crippen molar-refractivity contribution in [1.29, 1.82) is 0 Å². The third-order valence-electron chi connectivity index (χ3n) is 3.89. The van der Waals surface area contributed by atoms with Gasteiger partial charge in [-0.25, -0.2) is 0 Å². The summed E-state index contributed by atoms with van der Waals surface area (Å²) < 4.78 is 0. The van der Waals surface area contributed by atoms with Crippen LogP contribution in [0.3, 0.4) is 0 Å². The Labute approximate surface area is 115 Å². The van der Waals surface area contributed by atoms with Gasteiger partial charge in [0, 0.05) is 17.5 Å². The Morgan fingerprint density at radius 2 is 2.22 bits per heavy atom. The third-order valence-corrected chi connectivity index (χ3v) is 4.83. The molecule has 2 N–H and O–H groups in total. The molecule has 1 aliphatic carbocycles. The first-order valence-corrected chi connectivity index (χ1v) is 7.93. The zero-order chi connectivity index (χ0) is 13.2. The van der Waals surface area contributed by atoms with Crippen LogP contribution < -0.4 is 5.73 Å². The van der Waals surface area contributed by atoms with Gasteiger partial charge in [-0.05, 0) is 48.7 Å². The molecule has 102 valence electrons. The van der Waals surface area contributed by atoms with E-state index in [0.717, 1.165) is 25.6 Å². The van der Waals surface area contributed by atoms with E-state index in [1.165, 1.54) is 17.7 Å². The van der Waals surface area contributed by atoms with Gasteiger partial charge in [-0.2, -0.15) is 0 Å². The first-order valence-electron chi connectivity index (χ1n) is 7.05. The van der Waals surface area contributed by atoms with Crippen molar-refractivity contribution in [1.82, 2.24) is 4.90 Å². The number of nitrogens with zero attached hydrogens (tertiary/aromatic N) is 1. The Bertz CT molecular complexity index is 355. The fourth-order valence-corrected chi connectivity index (χ4v) is 3.56. The van der Waals surface area contributed by atoms with Gasteiger partial charge in [0.15, 0.2) is 0 Å². The van der Waals surface area contributed by atoms with Crippen LogP contribution in [0, 0.1) is 11.3 Å². The van der Waals surface area contributed by atoms with E-state index in [4.69, 9.17) is 5.73 Å². The van der Waals surface area contributed by atoms with Gasteiger partial charge < -0.3 is 5.73 Å². The topological polar surface area (TPSA) is 29.3 Å².